The molecular weight excluding hydrogens is 428 g/mol. The molecule has 2 heterocycles. The summed E-state index contributed by atoms with van der Waals surface area (Å²) in [4.78, 5) is 31.8. The standard InChI is InChI=1S/C25H32N8O/c1-15-8-7-9-17-12-26-23(32-21(15)17)30-18-10-19-22(29-16(2)28-19)20(11-18)31-24(34)27-13-25(3,4)14-33(5)6/h7-12H,13-14H2,1-6H3,(H,28,29)(H,26,30,32)(H2,27,31,34). The number of nitrogens with one attached hydrogen (secondary N) is 4. The summed E-state index contributed by atoms with van der Waals surface area (Å²) in [5.74, 6) is 1.25. The van der Waals surface area contributed by atoms with E-state index in [-0.39, 0.29) is 11.4 Å². The topological polar surface area (TPSA) is 111 Å². The number of aromatic nitrogens is 4. The molecule has 34 heavy (non-hydrogen) atoms. The molecule has 0 fully saturated rings. The molecule has 0 aliphatic rings. The van der Waals surface area contributed by atoms with Crippen LogP contribution >= 0.6 is 0 Å². The van der Waals surface area contributed by atoms with E-state index in [4.69, 9.17) is 0 Å². The van der Waals surface area contributed by atoms with Crippen LogP contribution in [0.15, 0.2) is 36.5 Å². The summed E-state index contributed by atoms with van der Waals surface area (Å²) in [6.45, 7) is 9.56. The van der Waals surface area contributed by atoms with Crippen LogP contribution in [-0.4, -0.2) is 58.1 Å². The average Bonchev–Trinajstić information content (AvgIpc) is 3.13. The Morgan fingerprint density at radius 3 is 2.68 bits per heavy atom. The van der Waals surface area contributed by atoms with Gasteiger partial charge in [-0.25, -0.2) is 19.7 Å². The number of carbonyl (C=O) groups excluding carboxylic acids is 1. The molecule has 0 atom stereocenters. The van der Waals surface area contributed by atoms with Crippen molar-refractivity contribution in [2.45, 2.75) is 27.7 Å². The van der Waals surface area contributed by atoms with Crippen molar-refractivity contribution in [3.8, 4) is 0 Å². The predicted octanol–water partition coefficient (Wildman–Crippen LogP) is 4.58. The number of rotatable bonds is 7. The van der Waals surface area contributed by atoms with Crippen LogP contribution in [0.2, 0.25) is 0 Å². The molecule has 2 aromatic heterocycles. The van der Waals surface area contributed by atoms with Gasteiger partial charge in [-0.15, -0.1) is 0 Å². The molecule has 0 bridgehead atoms. The number of hydrogen-bond donors (Lipinski definition) is 4. The highest BCUT2D eigenvalue weighted by molar-refractivity contribution is 6.01. The van der Waals surface area contributed by atoms with E-state index in [1.807, 2.05) is 58.3 Å². The van der Waals surface area contributed by atoms with Crippen molar-refractivity contribution < 1.29 is 4.79 Å². The van der Waals surface area contributed by atoms with Gasteiger partial charge in [-0.3, -0.25) is 0 Å². The van der Waals surface area contributed by atoms with Crippen LogP contribution < -0.4 is 16.0 Å². The van der Waals surface area contributed by atoms with Gasteiger partial charge in [0.2, 0.25) is 5.95 Å². The van der Waals surface area contributed by atoms with Gasteiger partial charge in [0.15, 0.2) is 0 Å². The molecule has 9 heteroatoms. The number of urea groups is 1. The number of aromatic amines is 1. The maximum atomic E-state index is 12.7. The minimum absolute atomic E-state index is 0.0615. The van der Waals surface area contributed by atoms with Gasteiger partial charge in [-0.2, -0.15) is 0 Å². The van der Waals surface area contributed by atoms with Crippen LogP contribution in [0.25, 0.3) is 21.9 Å². The van der Waals surface area contributed by atoms with Gasteiger partial charge in [-0.05, 0) is 51.1 Å². The van der Waals surface area contributed by atoms with Gasteiger partial charge >= 0.3 is 6.03 Å². The number of anilines is 3. The lowest BCUT2D eigenvalue weighted by Gasteiger charge is -2.28. The summed E-state index contributed by atoms with van der Waals surface area (Å²) in [5, 5.41) is 10.2. The number of nitrogens with zero attached hydrogens (tertiary/aromatic N) is 4. The minimum Gasteiger partial charge on any atom is -0.342 e. The Kier molecular flexibility index (Phi) is 6.39. The van der Waals surface area contributed by atoms with E-state index in [9.17, 15) is 4.79 Å². The molecule has 2 aromatic carbocycles. The lowest BCUT2D eigenvalue weighted by Crippen LogP contribution is -2.41. The molecule has 0 radical (unpaired) electrons. The largest absolute Gasteiger partial charge is 0.342 e. The van der Waals surface area contributed by atoms with Crippen molar-refractivity contribution in [3.63, 3.8) is 0 Å². The minimum atomic E-state index is -0.275. The first-order valence-electron chi connectivity index (χ1n) is 11.3. The highest BCUT2D eigenvalue weighted by Gasteiger charge is 2.20. The second-order valence-electron chi connectivity index (χ2n) is 9.78. The molecule has 0 aliphatic heterocycles. The number of benzene rings is 2. The third-order valence-corrected chi connectivity index (χ3v) is 5.49. The third-order valence-electron chi connectivity index (χ3n) is 5.49. The van der Waals surface area contributed by atoms with Crippen molar-refractivity contribution >= 4 is 45.3 Å². The van der Waals surface area contributed by atoms with Crippen LogP contribution in [0.1, 0.15) is 25.2 Å². The molecule has 0 saturated heterocycles. The third kappa shape index (κ3) is 5.43. The van der Waals surface area contributed by atoms with E-state index >= 15 is 0 Å². The lowest BCUT2D eigenvalue weighted by molar-refractivity contribution is 0.222. The van der Waals surface area contributed by atoms with Crippen molar-refractivity contribution in [1.82, 2.24) is 30.2 Å². The molecule has 9 nitrogen and oxygen atoms in total. The van der Waals surface area contributed by atoms with E-state index in [2.05, 4.69) is 54.6 Å². The van der Waals surface area contributed by atoms with Crippen LogP contribution in [-0.2, 0) is 0 Å². The number of amides is 2. The van der Waals surface area contributed by atoms with Crippen LogP contribution in [0.4, 0.5) is 22.1 Å². The fourth-order valence-electron chi connectivity index (χ4n) is 4.20. The Morgan fingerprint density at radius 2 is 1.91 bits per heavy atom. The number of aryl methyl sites for hydroxylation is 2. The second kappa shape index (κ2) is 9.26. The Balaban J connectivity index is 1.57. The Hall–Kier alpha value is -3.72. The van der Waals surface area contributed by atoms with Gasteiger partial charge in [0.25, 0.3) is 0 Å². The van der Waals surface area contributed by atoms with E-state index in [1.54, 1.807) is 6.20 Å². The zero-order valence-corrected chi connectivity index (χ0v) is 20.6. The number of imidazole rings is 1. The van der Waals surface area contributed by atoms with Crippen LogP contribution in [0.3, 0.4) is 0 Å². The van der Waals surface area contributed by atoms with E-state index in [0.29, 0.717) is 23.7 Å². The van der Waals surface area contributed by atoms with Crippen molar-refractivity contribution in [3.05, 3.63) is 47.9 Å². The number of hydrogen-bond acceptors (Lipinski definition) is 6. The Morgan fingerprint density at radius 1 is 1.12 bits per heavy atom. The van der Waals surface area contributed by atoms with Crippen LogP contribution in [0, 0.1) is 19.3 Å². The quantitative estimate of drug-likeness (QED) is 0.321. The van der Waals surface area contributed by atoms with Gasteiger partial charge < -0.3 is 25.8 Å². The molecule has 0 spiro atoms. The second-order valence-corrected chi connectivity index (χ2v) is 9.78. The highest BCUT2D eigenvalue weighted by atomic mass is 16.2. The summed E-state index contributed by atoms with van der Waals surface area (Å²) >= 11 is 0. The fourth-order valence-corrected chi connectivity index (χ4v) is 4.20. The average molecular weight is 461 g/mol. The smallest absolute Gasteiger partial charge is 0.319 e. The predicted molar refractivity (Wildman–Crippen MR) is 138 cm³/mol. The summed E-state index contributed by atoms with van der Waals surface area (Å²) in [6, 6.07) is 9.52. The summed E-state index contributed by atoms with van der Waals surface area (Å²) in [6.07, 6.45) is 1.80. The van der Waals surface area contributed by atoms with Gasteiger partial charge in [-0.1, -0.05) is 32.0 Å². The summed E-state index contributed by atoms with van der Waals surface area (Å²) in [5.41, 5.74) is 4.77. The first-order valence-corrected chi connectivity index (χ1v) is 11.3. The first-order chi connectivity index (χ1) is 16.1. The zero-order valence-electron chi connectivity index (χ0n) is 20.6. The van der Waals surface area contributed by atoms with Crippen LogP contribution in [0.5, 0.6) is 0 Å². The zero-order chi connectivity index (χ0) is 24.5. The summed E-state index contributed by atoms with van der Waals surface area (Å²) in [7, 11) is 4.05. The molecular formula is C25H32N8O. The van der Waals surface area contributed by atoms with Gasteiger partial charge in [0, 0.05) is 30.4 Å². The monoisotopic (exact) mass is 460 g/mol. The molecule has 0 aliphatic carbocycles. The summed E-state index contributed by atoms with van der Waals surface area (Å²) < 4.78 is 0. The number of para-hydroxylation sites is 1. The number of carbonyl (C=O) groups is 1. The maximum absolute atomic E-state index is 12.7. The van der Waals surface area contributed by atoms with Crippen molar-refractivity contribution in [2.75, 3.05) is 37.8 Å². The molecule has 0 saturated carbocycles. The van der Waals surface area contributed by atoms with E-state index in [0.717, 1.165) is 40.0 Å². The number of fused-ring (bicyclic) bond motifs is 2. The van der Waals surface area contributed by atoms with Crippen molar-refractivity contribution in [2.24, 2.45) is 5.41 Å². The molecule has 0 unspecified atom stereocenters. The fraction of sp³-hybridized carbons (Fsp3) is 0.360. The number of H-pyrrole nitrogens is 1. The Bertz CT molecular complexity index is 1340. The molecule has 2 amide bonds. The van der Waals surface area contributed by atoms with Gasteiger partial charge in [0.05, 0.1) is 16.7 Å². The maximum Gasteiger partial charge on any atom is 0.319 e. The van der Waals surface area contributed by atoms with E-state index < -0.39 is 0 Å². The molecule has 4 N–H and O–H groups in total. The van der Waals surface area contributed by atoms with Gasteiger partial charge in [0.1, 0.15) is 11.3 Å². The lowest BCUT2D eigenvalue weighted by atomic mass is 9.93. The highest BCUT2D eigenvalue weighted by Crippen LogP contribution is 2.28. The normalized spacial score (nSPS) is 11.9. The van der Waals surface area contributed by atoms with E-state index in [1.165, 1.54) is 0 Å². The molecule has 4 aromatic rings. The Labute approximate surface area is 199 Å². The molecule has 4 rings (SSSR count). The molecule has 178 valence electrons. The SMILES string of the molecule is Cc1nc2c(NC(=O)NCC(C)(C)CN(C)C)cc(Nc3ncc4cccc(C)c4n3)cc2[nH]1. The first kappa shape index (κ1) is 23.4. The van der Waals surface area contributed by atoms with Crippen molar-refractivity contribution in [1.29, 1.82) is 0 Å².